The van der Waals surface area contributed by atoms with Crippen LogP contribution in [0.3, 0.4) is 0 Å². The van der Waals surface area contributed by atoms with Crippen molar-refractivity contribution >= 4 is 20.4 Å². The van der Waals surface area contributed by atoms with Gasteiger partial charge < -0.3 is 0 Å². The molecule has 0 spiro atoms. The molecule has 83 valence electrons. The van der Waals surface area contributed by atoms with Crippen LogP contribution in [-0.4, -0.2) is 25.7 Å². The normalized spacial score (nSPS) is 11.4. The molecule has 3 nitrogen and oxygen atoms in total. The van der Waals surface area contributed by atoms with E-state index in [1.165, 1.54) is 0 Å². The van der Waals surface area contributed by atoms with Crippen LogP contribution >= 0.6 is 0 Å². The van der Waals surface area contributed by atoms with Crippen molar-refractivity contribution in [2.75, 3.05) is 0 Å². The number of unbranched alkanes of at least 4 members (excludes halogenated alkanes) is 1. The molecule has 0 saturated heterocycles. The van der Waals surface area contributed by atoms with E-state index in [0.29, 0.717) is 0 Å². The second kappa shape index (κ2) is 6.12. The first-order chi connectivity index (χ1) is 7.19. The van der Waals surface area contributed by atoms with Gasteiger partial charge in [0.1, 0.15) is 0 Å². The van der Waals surface area contributed by atoms with Gasteiger partial charge in [-0.25, -0.2) is 0 Å². The number of rotatable bonds is 5. The maximum atomic E-state index is 11.8. The summed E-state index contributed by atoms with van der Waals surface area (Å²) in [5.41, 5.74) is 1.87. The summed E-state index contributed by atoms with van der Waals surface area (Å²) in [5, 5.41) is 1.10. The number of aromatic amines is 1. The van der Waals surface area contributed by atoms with Crippen molar-refractivity contribution in [2.45, 2.75) is 45.2 Å². The molecule has 1 rings (SSSR count). The second-order valence-corrected chi connectivity index (χ2v) is 6.41. The predicted octanol–water partition coefficient (Wildman–Crippen LogP) is 1.19. The first-order valence-corrected chi connectivity index (χ1v) is 7.72. The van der Waals surface area contributed by atoms with E-state index in [2.05, 4.69) is 23.8 Å². The molecule has 0 saturated carbocycles. The van der Waals surface area contributed by atoms with E-state index in [1.807, 2.05) is 6.92 Å². The van der Waals surface area contributed by atoms with Crippen molar-refractivity contribution in [1.82, 2.24) is 9.97 Å². The molecule has 15 heavy (non-hydrogen) atoms. The van der Waals surface area contributed by atoms with Crippen molar-refractivity contribution in [1.29, 1.82) is 0 Å². The van der Waals surface area contributed by atoms with Crippen molar-refractivity contribution in [3.63, 3.8) is 0 Å². The summed E-state index contributed by atoms with van der Waals surface area (Å²) in [7, 11) is 0. The van der Waals surface area contributed by atoms with Gasteiger partial charge in [-0.2, -0.15) is 0 Å². The van der Waals surface area contributed by atoms with Crippen LogP contribution in [-0.2, 0) is 6.42 Å². The molecule has 0 aliphatic rings. The van der Waals surface area contributed by atoms with Crippen LogP contribution in [0.15, 0.2) is 4.79 Å². The van der Waals surface area contributed by atoms with Gasteiger partial charge in [0, 0.05) is 0 Å². The van der Waals surface area contributed by atoms with Crippen molar-refractivity contribution in [2.24, 2.45) is 0 Å². The van der Waals surface area contributed by atoms with Crippen LogP contribution in [0.25, 0.3) is 0 Å². The molecule has 0 bridgehead atoms. The van der Waals surface area contributed by atoms with Crippen LogP contribution in [0, 0.1) is 6.92 Å². The van der Waals surface area contributed by atoms with Gasteiger partial charge in [-0.05, 0) is 0 Å². The van der Waals surface area contributed by atoms with E-state index in [0.717, 1.165) is 40.3 Å². The third-order valence-electron chi connectivity index (χ3n) is 2.30. The Morgan fingerprint density at radius 1 is 1.40 bits per heavy atom. The van der Waals surface area contributed by atoms with E-state index < -0.39 is 0 Å². The monoisotopic (exact) mass is 269 g/mol. The quantitative estimate of drug-likeness (QED) is 0.816. The Hall–Kier alpha value is -0.562. The fraction of sp³-hybridized carbons (Fsp3) is 0.636. The first kappa shape index (κ1) is 12.5. The van der Waals surface area contributed by atoms with Gasteiger partial charge in [-0.1, -0.05) is 0 Å². The molecule has 0 aliphatic carbocycles. The molecule has 0 aliphatic heterocycles. The molecule has 0 fully saturated rings. The molecule has 1 N–H and O–H groups in total. The third-order valence-corrected chi connectivity index (χ3v) is 4.03. The number of nitrogens with one attached hydrogen (secondary N) is 1. The minimum absolute atomic E-state index is 0.0434. The van der Waals surface area contributed by atoms with E-state index in [4.69, 9.17) is 0 Å². The SMILES string of the molecule is CCCCc1c(C)nc([As]CC)[nH]c1=O. The minimum atomic E-state index is 0.0434. The van der Waals surface area contributed by atoms with Crippen molar-refractivity contribution in [3.05, 3.63) is 21.6 Å². The van der Waals surface area contributed by atoms with E-state index in [1.54, 1.807) is 0 Å². The number of hydrogen-bond acceptors (Lipinski definition) is 2. The van der Waals surface area contributed by atoms with Gasteiger partial charge in [0.25, 0.3) is 0 Å². The summed E-state index contributed by atoms with van der Waals surface area (Å²) in [6.07, 6.45) is 3.03. The molecule has 0 unspecified atom stereocenters. The molecule has 1 aromatic heterocycles. The van der Waals surface area contributed by atoms with Gasteiger partial charge in [-0.3, -0.25) is 0 Å². The average molecular weight is 269 g/mol. The molecule has 4 heteroatoms. The van der Waals surface area contributed by atoms with Gasteiger partial charge in [0.15, 0.2) is 0 Å². The number of aromatic nitrogens is 2. The number of hydrogen-bond donors (Lipinski definition) is 1. The Morgan fingerprint density at radius 2 is 2.13 bits per heavy atom. The first-order valence-electron chi connectivity index (χ1n) is 5.46. The molecular formula is C11H18AsN2O. The number of H-pyrrole nitrogens is 1. The molecule has 0 atom stereocenters. The molecule has 0 aromatic carbocycles. The van der Waals surface area contributed by atoms with E-state index >= 15 is 0 Å². The summed E-state index contributed by atoms with van der Waals surface area (Å²) in [6.45, 7) is 6.20. The van der Waals surface area contributed by atoms with Gasteiger partial charge in [0.2, 0.25) is 0 Å². The standard InChI is InChI=1S/C11H18AsN2O/c1-4-6-7-9-8(3)13-11(12-5-2)14-10(9)15/h4-7H2,1-3H3,(H,13,14,15). The Morgan fingerprint density at radius 3 is 2.67 bits per heavy atom. The number of nitrogens with zero attached hydrogens (tertiary/aromatic N) is 1. The average Bonchev–Trinajstić information content (AvgIpc) is 2.17. The second-order valence-electron chi connectivity index (χ2n) is 3.53. The van der Waals surface area contributed by atoms with Gasteiger partial charge in [-0.15, -0.1) is 0 Å². The summed E-state index contributed by atoms with van der Waals surface area (Å²) in [6, 6.07) is 0. The topological polar surface area (TPSA) is 45.8 Å². The summed E-state index contributed by atoms with van der Waals surface area (Å²) in [5.74, 6) is 0. The van der Waals surface area contributed by atoms with Gasteiger partial charge in [0.05, 0.1) is 0 Å². The van der Waals surface area contributed by atoms with Crippen LogP contribution in [0.5, 0.6) is 0 Å². The molecule has 1 heterocycles. The summed E-state index contributed by atoms with van der Waals surface area (Å²) >= 11 is 0.0434. The van der Waals surface area contributed by atoms with Crippen LogP contribution in [0.4, 0.5) is 0 Å². The zero-order valence-corrected chi connectivity index (χ0v) is 11.5. The van der Waals surface area contributed by atoms with Gasteiger partial charge >= 0.3 is 97.2 Å². The van der Waals surface area contributed by atoms with Crippen LogP contribution < -0.4 is 10.2 Å². The molecule has 1 aromatic rings. The van der Waals surface area contributed by atoms with E-state index in [9.17, 15) is 4.79 Å². The van der Waals surface area contributed by atoms with Crippen molar-refractivity contribution in [3.8, 4) is 0 Å². The maximum absolute atomic E-state index is 11.8. The summed E-state index contributed by atoms with van der Waals surface area (Å²) < 4.78 is 0.913. The Balaban J connectivity index is 2.94. The van der Waals surface area contributed by atoms with E-state index in [-0.39, 0.29) is 21.3 Å². The summed E-state index contributed by atoms with van der Waals surface area (Å²) in [4.78, 5) is 19.1. The third kappa shape index (κ3) is 3.49. The Bertz CT molecular complexity index is 373. The Kier molecular flexibility index (Phi) is 5.10. The van der Waals surface area contributed by atoms with Crippen LogP contribution in [0.1, 0.15) is 37.9 Å². The Labute approximate surface area is 97.4 Å². The fourth-order valence-electron chi connectivity index (χ4n) is 1.47. The zero-order valence-electron chi connectivity index (χ0n) is 9.63. The van der Waals surface area contributed by atoms with Crippen LogP contribution in [0.2, 0.25) is 5.21 Å². The number of aryl methyl sites for hydroxylation is 1. The van der Waals surface area contributed by atoms with Crippen molar-refractivity contribution < 1.29 is 0 Å². The zero-order chi connectivity index (χ0) is 11.3. The molecular weight excluding hydrogens is 251 g/mol. The molecule has 0 amide bonds. The molecule has 1 radical (unpaired) electrons. The predicted molar refractivity (Wildman–Crippen MR) is 64.1 cm³/mol. The fourth-order valence-corrected chi connectivity index (χ4v) is 2.94.